The Kier molecular flexibility index (Phi) is 2.23. The highest BCUT2D eigenvalue weighted by molar-refractivity contribution is 7.99. The molecule has 13 heavy (non-hydrogen) atoms. The van der Waals surface area contributed by atoms with Crippen LogP contribution in [-0.4, -0.2) is 15.2 Å². The number of aromatic nitrogens is 2. The van der Waals surface area contributed by atoms with Gasteiger partial charge in [0.05, 0.1) is 6.20 Å². The van der Waals surface area contributed by atoms with E-state index in [1.54, 1.807) is 12.3 Å². The molecule has 0 atom stereocenters. The van der Waals surface area contributed by atoms with Gasteiger partial charge >= 0.3 is 0 Å². The Morgan fingerprint density at radius 1 is 1.15 bits per heavy atom. The molecule has 4 heteroatoms. The first-order chi connectivity index (χ1) is 6.36. The summed E-state index contributed by atoms with van der Waals surface area (Å²) in [6, 6.07) is 11.6. The molecule has 0 bridgehead atoms. The zero-order chi connectivity index (χ0) is 9.10. The first kappa shape index (κ1) is 8.19. The van der Waals surface area contributed by atoms with E-state index in [4.69, 9.17) is 0 Å². The minimum atomic E-state index is 0.714. The fourth-order valence-electron chi connectivity index (χ4n) is 0.968. The molecule has 1 heterocycles. The van der Waals surface area contributed by atoms with Crippen LogP contribution in [0.1, 0.15) is 0 Å². The number of rotatable bonds is 2. The summed E-state index contributed by atoms with van der Waals surface area (Å²) in [7, 11) is 0. The summed E-state index contributed by atoms with van der Waals surface area (Å²) >= 11 is 1.47. The van der Waals surface area contributed by atoms with Gasteiger partial charge in [0, 0.05) is 4.90 Å². The molecular formula is C9H8N2OS. The highest BCUT2D eigenvalue weighted by Gasteiger charge is 2.01. The summed E-state index contributed by atoms with van der Waals surface area (Å²) < 4.78 is 0. The Morgan fingerprint density at radius 3 is 2.54 bits per heavy atom. The average molecular weight is 192 g/mol. The second kappa shape index (κ2) is 3.53. The third-order valence-electron chi connectivity index (χ3n) is 1.56. The van der Waals surface area contributed by atoms with Gasteiger partial charge < -0.3 is 5.21 Å². The summed E-state index contributed by atoms with van der Waals surface area (Å²) in [5.74, 6) is 0. The summed E-state index contributed by atoms with van der Waals surface area (Å²) in [6.07, 6.45) is 1.56. The van der Waals surface area contributed by atoms with E-state index in [1.807, 2.05) is 30.3 Å². The van der Waals surface area contributed by atoms with Crippen molar-refractivity contribution in [3.8, 4) is 0 Å². The van der Waals surface area contributed by atoms with Crippen LogP contribution in [-0.2, 0) is 0 Å². The highest BCUT2D eigenvalue weighted by Crippen LogP contribution is 2.25. The maximum absolute atomic E-state index is 9.20. The molecule has 0 aliphatic heterocycles. The molecule has 2 rings (SSSR count). The van der Waals surface area contributed by atoms with E-state index in [-0.39, 0.29) is 0 Å². The molecule has 66 valence electrons. The molecule has 0 radical (unpaired) electrons. The van der Waals surface area contributed by atoms with E-state index in [0.717, 1.165) is 9.74 Å². The van der Waals surface area contributed by atoms with Gasteiger partial charge in [-0.1, -0.05) is 34.8 Å². The van der Waals surface area contributed by atoms with E-state index in [1.165, 1.54) is 11.8 Å². The third kappa shape index (κ3) is 1.84. The van der Waals surface area contributed by atoms with Gasteiger partial charge in [0.1, 0.15) is 5.03 Å². The Hall–Kier alpha value is -1.42. The summed E-state index contributed by atoms with van der Waals surface area (Å²) in [5.41, 5.74) is 0. The van der Waals surface area contributed by atoms with Gasteiger partial charge in [-0.25, -0.2) is 0 Å². The minimum Gasteiger partial charge on any atom is -0.411 e. The van der Waals surface area contributed by atoms with Crippen LogP contribution in [0.4, 0.5) is 0 Å². The maximum atomic E-state index is 9.20. The third-order valence-corrected chi connectivity index (χ3v) is 2.57. The molecule has 2 aromatic rings. The molecule has 0 aliphatic rings. The van der Waals surface area contributed by atoms with Gasteiger partial charge in [0.2, 0.25) is 0 Å². The molecule has 1 N–H and O–H groups in total. The normalized spacial score (nSPS) is 10.2. The number of benzene rings is 1. The summed E-state index contributed by atoms with van der Waals surface area (Å²) in [5, 5.41) is 13.6. The molecule has 0 spiro atoms. The van der Waals surface area contributed by atoms with Crippen molar-refractivity contribution >= 4 is 11.8 Å². The summed E-state index contributed by atoms with van der Waals surface area (Å²) in [4.78, 5) is 1.95. The Balaban J connectivity index is 2.20. The number of nitrogens with zero attached hydrogens (tertiary/aromatic N) is 2. The molecule has 1 aromatic heterocycles. The quantitative estimate of drug-likeness (QED) is 0.742. The highest BCUT2D eigenvalue weighted by atomic mass is 32.2. The SMILES string of the molecule is On1nccc1Sc1ccccc1. The fourth-order valence-corrected chi connectivity index (χ4v) is 1.76. The van der Waals surface area contributed by atoms with Crippen molar-refractivity contribution in [1.29, 1.82) is 0 Å². The Morgan fingerprint density at radius 2 is 1.92 bits per heavy atom. The monoisotopic (exact) mass is 192 g/mol. The molecule has 1 aromatic carbocycles. The van der Waals surface area contributed by atoms with E-state index >= 15 is 0 Å². The van der Waals surface area contributed by atoms with Crippen LogP contribution < -0.4 is 0 Å². The molecule has 0 saturated heterocycles. The number of hydrogen-bond donors (Lipinski definition) is 1. The van der Waals surface area contributed by atoms with Crippen molar-refractivity contribution in [3.05, 3.63) is 42.6 Å². The first-order valence-electron chi connectivity index (χ1n) is 3.82. The van der Waals surface area contributed by atoms with Crippen molar-refractivity contribution < 1.29 is 5.21 Å². The molecular weight excluding hydrogens is 184 g/mol. The predicted molar refractivity (Wildman–Crippen MR) is 50.0 cm³/mol. The van der Waals surface area contributed by atoms with Crippen molar-refractivity contribution in [1.82, 2.24) is 9.94 Å². The lowest BCUT2D eigenvalue weighted by Gasteiger charge is -1.98. The fraction of sp³-hybridized carbons (Fsp3) is 0. The van der Waals surface area contributed by atoms with Crippen LogP contribution in [0.5, 0.6) is 0 Å². The van der Waals surface area contributed by atoms with Crippen LogP contribution in [0.15, 0.2) is 52.5 Å². The smallest absolute Gasteiger partial charge is 0.140 e. The lowest BCUT2D eigenvalue weighted by molar-refractivity contribution is 0.126. The van der Waals surface area contributed by atoms with Gasteiger partial charge in [-0.3, -0.25) is 0 Å². The first-order valence-corrected chi connectivity index (χ1v) is 4.64. The second-order valence-electron chi connectivity index (χ2n) is 2.47. The van der Waals surface area contributed by atoms with Crippen LogP contribution in [0.3, 0.4) is 0 Å². The van der Waals surface area contributed by atoms with E-state index < -0.39 is 0 Å². The van der Waals surface area contributed by atoms with Gasteiger partial charge in [0.25, 0.3) is 0 Å². The topological polar surface area (TPSA) is 38.0 Å². The maximum Gasteiger partial charge on any atom is 0.140 e. The Labute approximate surface area is 80.0 Å². The van der Waals surface area contributed by atoms with Crippen LogP contribution >= 0.6 is 11.8 Å². The van der Waals surface area contributed by atoms with Gasteiger partial charge in [-0.2, -0.15) is 0 Å². The zero-order valence-corrected chi connectivity index (χ0v) is 7.61. The lowest BCUT2D eigenvalue weighted by atomic mass is 10.4. The van der Waals surface area contributed by atoms with Crippen LogP contribution in [0, 0.1) is 0 Å². The molecule has 3 nitrogen and oxygen atoms in total. The minimum absolute atomic E-state index is 0.714. The van der Waals surface area contributed by atoms with Crippen molar-refractivity contribution in [2.75, 3.05) is 0 Å². The molecule has 0 aliphatic carbocycles. The summed E-state index contributed by atoms with van der Waals surface area (Å²) in [6.45, 7) is 0. The number of hydrogen-bond acceptors (Lipinski definition) is 3. The van der Waals surface area contributed by atoms with E-state index in [9.17, 15) is 5.21 Å². The van der Waals surface area contributed by atoms with Crippen molar-refractivity contribution in [2.24, 2.45) is 0 Å². The largest absolute Gasteiger partial charge is 0.411 e. The average Bonchev–Trinajstić information content (AvgIpc) is 2.54. The molecule has 0 fully saturated rings. The van der Waals surface area contributed by atoms with Crippen molar-refractivity contribution in [2.45, 2.75) is 9.92 Å². The van der Waals surface area contributed by atoms with Gasteiger partial charge in [0.15, 0.2) is 0 Å². The lowest BCUT2D eigenvalue weighted by Crippen LogP contribution is -1.92. The van der Waals surface area contributed by atoms with Gasteiger partial charge in [-0.05, 0) is 18.2 Å². The van der Waals surface area contributed by atoms with Gasteiger partial charge in [-0.15, -0.1) is 5.10 Å². The Bertz CT molecular complexity index is 386. The standard InChI is InChI=1S/C9H8N2OS/c12-11-9(6-7-10-11)13-8-4-2-1-3-5-8/h1-7,12H. The predicted octanol–water partition coefficient (Wildman–Crippen LogP) is 2.27. The van der Waals surface area contributed by atoms with Crippen LogP contribution in [0.2, 0.25) is 0 Å². The van der Waals surface area contributed by atoms with E-state index in [2.05, 4.69) is 5.10 Å². The molecule has 0 unspecified atom stereocenters. The molecule has 0 saturated carbocycles. The van der Waals surface area contributed by atoms with Crippen LogP contribution in [0.25, 0.3) is 0 Å². The molecule has 0 amide bonds. The van der Waals surface area contributed by atoms with Crippen molar-refractivity contribution in [3.63, 3.8) is 0 Å². The zero-order valence-electron chi connectivity index (χ0n) is 6.79. The van der Waals surface area contributed by atoms with E-state index in [0.29, 0.717) is 5.03 Å². The second-order valence-corrected chi connectivity index (χ2v) is 3.57.